The average molecular weight is 282 g/mol. The van der Waals surface area contributed by atoms with E-state index in [0.717, 1.165) is 5.57 Å². The molecular weight excluding hydrogens is 260 g/mol. The zero-order valence-corrected chi connectivity index (χ0v) is 11.7. The predicted molar refractivity (Wildman–Crippen MR) is 73.0 cm³/mol. The molecule has 0 bridgehead atoms. The zero-order chi connectivity index (χ0) is 14.9. The van der Waals surface area contributed by atoms with Crippen molar-refractivity contribution in [3.05, 3.63) is 23.3 Å². The van der Waals surface area contributed by atoms with Crippen LogP contribution in [0.2, 0.25) is 0 Å². The first kappa shape index (κ1) is 15.4. The number of aliphatic hydroxyl groups excluding tert-OH is 3. The van der Waals surface area contributed by atoms with Crippen molar-refractivity contribution in [1.29, 1.82) is 0 Å². The number of hydrogen-bond acceptors (Lipinski definition) is 5. The highest BCUT2D eigenvalue weighted by Gasteiger charge is 2.44. The molecule has 20 heavy (non-hydrogen) atoms. The zero-order valence-electron chi connectivity index (χ0n) is 11.7. The molecule has 4 atom stereocenters. The standard InChI is InChI=1S/C15H22O5/c1-8(2)3-4-9-13(17)12-10(15(19)14(9)18)7-20-6-5-11(12)16/h9,11,14-16,18-19H,1,3-7H2,2H3/t9-,11+,14-,15+/m0/s1. The average Bonchev–Trinajstić information content (AvgIpc) is 2.58. The molecule has 5 nitrogen and oxygen atoms in total. The van der Waals surface area contributed by atoms with Crippen LogP contribution in [0.15, 0.2) is 23.3 Å². The van der Waals surface area contributed by atoms with Gasteiger partial charge < -0.3 is 20.1 Å². The highest BCUT2D eigenvalue weighted by atomic mass is 16.5. The summed E-state index contributed by atoms with van der Waals surface area (Å²) in [7, 11) is 0. The molecule has 0 saturated heterocycles. The van der Waals surface area contributed by atoms with Gasteiger partial charge in [-0.2, -0.15) is 0 Å². The van der Waals surface area contributed by atoms with Crippen LogP contribution in [-0.2, 0) is 9.53 Å². The van der Waals surface area contributed by atoms with Gasteiger partial charge in [0, 0.05) is 18.6 Å². The van der Waals surface area contributed by atoms with E-state index in [1.54, 1.807) is 0 Å². The number of carbonyl (C=O) groups excluding carboxylic acids is 1. The number of allylic oxidation sites excluding steroid dienone is 1. The Bertz CT molecular complexity index is 440. The van der Waals surface area contributed by atoms with Gasteiger partial charge in [0.2, 0.25) is 0 Å². The van der Waals surface area contributed by atoms with E-state index in [1.807, 2.05) is 6.92 Å². The van der Waals surface area contributed by atoms with Gasteiger partial charge in [-0.3, -0.25) is 4.79 Å². The highest BCUT2D eigenvalue weighted by Crippen LogP contribution is 2.34. The minimum absolute atomic E-state index is 0.0869. The van der Waals surface area contributed by atoms with Crippen LogP contribution >= 0.6 is 0 Å². The second kappa shape index (κ2) is 6.18. The third-order valence-corrected chi connectivity index (χ3v) is 4.05. The Morgan fingerprint density at radius 1 is 1.40 bits per heavy atom. The third-order valence-electron chi connectivity index (χ3n) is 4.05. The SMILES string of the molecule is C=C(C)CC[C@H]1C(=O)C2=C(COCC[C@H]2O)[C@@H](O)[C@H]1O. The molecule has 5 heteroatoms. The molecule has 0 fully saturated rings. The van der Waals surface area contributed by atoms with Crippen LogP contribution in [0.4, 0.5) is 0 Å². The first-order chi connectivity index (χ1) is 9.43. The molecule has 0 aromatic carbocycles. The maximum atomic E-state index is 12.5. The molecule has 1 heterocycles. The van der Waals surface area contributed by atoms with Crippen LogP contribution in [0.1, 0.15) is 26.2 Å². The Balaban J connectivity index is 2.30. The van der Waals surface area contributed by atoms with Gasteiger partial charge in [0.15, 0.2) is 5.78 Å². The molecule has 112 valence electrons. The maximum absolute atomic E-state index is 12.5. The van der Waals surface area contributed by atoms with Crippen molar-refractivity contribution >= 4 is 5.78 Å². The summed E-state index contributed by atoms with van der Waals surface area (Å²) >= 11 is 0. The van der Waals surface area contributed by atoms with Crippen LogP contribution in [0.3, 0.4) is 0 Å². The van der Waals surface area contributed by atoms with E-state index in [0.29, 0.717) is 31.4 Å². The van der Waals surface area contributed by atoms with E-state index in [9.17, 15) is 20.1 Å². The summed E-state index contributed by atoms with van der Waals surface area (Å²) in [6, 6.07) is 0. The predicted octanol–water partition coefficient (Wildman–Crippen LogP) is 0.341. The maximum Gasteiger partial charge on any atom is 0.167 e. The van der Waals surface area contributed by atoms with Gasteiger partial charge in [-0.05, 0) is 25.3 Å². The van der Waals surface area contributed by atoms with Gasteiger partial charge >= 0.3 is 0 Å². The summed E-state index contributed by atoms with van der Waals surface area (Å²) in [6.07, 6.45) is -1.85. The summed E-state index contributed by atoms with van der Waals surface area (Å²) in [4.78, 5) is 12.5. The lowest BCUT2D eigenvalue weighted by Crippen LogP contribution is -2.47. The van der Waals surface area contributed by atoms with Crippen LogP contribution in [-0.4, -0.2) is 52.6 Å². The normalized spacial score (nSPS) is 34.7. The van der Waals surface area contributed by atoms with Crippen molar-refractivity contribution in [3.8, 4) is 0 Å². The number of aliphatic hydroxyl groups is 3. The van der Waals surface area contributed by atoms with Crippen molar-refractivity contribution < 1.29 is 24.9 Å². The molecule has 0 amide bonds. The van der Waals surface area contributed by atoms with E-state index >= 15 is 0 Å². The van der Waals surface area contributed by atoms with Crippen LogP contribution in [0.5, 0.6) is 0 Å². The number of ketones is 1. The fourth-order valence-corrected chi connectivity index (χ4v) is 2.87. The lowest BCUT2D eigenvalue weighted by molar-refractivity contribution is -0.129. The molecule has 0 spiro atoms. The molecule has 0 saturated carbocycles. The molecule has 0 aromatic rings. The first-order valence-electron chi connectivity index (χ1n) is 6.97. The van der Waals surface area contributed by atoms with E-state index in [-0.39, 0.29) is 18.0 Å². The number of hydrogen-bond donors (Lipinski definition) is 3. The Kier molecular flexibility index (Phi) is 4.75. The molecule has 0 radical (unpaired) electrons. The van der Waals surface area contributed by atoms with Crippen LogP contribution in [0, 0.1) is 5.92 Å². The summed E-state index contributed by atoms with van der Waals surface area (Å²) in [6.45, 7) is 6.06. The number of rotatable bonds is 3. The van der Waals surface area contributed by atoms with E-state index < -0.39 is 24.2 Å². The highest BCUT2D eigenvalue weighted by molar-refractivity contribution is 6.00. The molecule has 0 aromatic heterocycles. The van der Waals surface area contributed by atoms with Gasteiger partial charge in [0.1, 0.15) is 6.10 Å². The third kappa shape index (κ3) is 2.86. The van der Waals surface area contributed by atoms with Crippen molar-refractivity contribution in [1.82, 2.24) is 0 Å². The summed E-state index contributed by atoms with van der Waals surface area (Å²) in [5.74, 6) is -0.953. The summed E-state index contributed by atoms with van der Waals surface area (Å²) < 4.78 is 5.28. The minimum Gasteiger partial charge on any atom is -0.389 e. The van der Waals surface area contributed by atoms with Gasteiger partial charge in [-0.15, -0.1) is 6.58 Å². The van der Waals surface area contributed by atoms with Crippen LogP contribution in [0.25, 0.3) is 0 Å². The number of Topliss-reactive ketones (excluding diaryl/α,β-unsaturated/α-hetero) is 1. The molecule has 1 aliphatic carbocycles. The molecule has 0 unspecified atom stereocenters. The van der Waals surface area contributed by atoms with Gasteiger partial charge in [-0.25, -0.2) is 0 Å². The fraction of sp³-hybridized carbons (Fsp3) is 0.667. The fourth-order valence-electron chi connectivity index (χ4n) is 2.87. The second-order valence-electron chi connectivity index (χ2n) is 5.70. The Labute approximate surface area is 118 Å². The summed E-state index contributed by atoms with van der Waals surface area (Å²) in [5.41, 5.74) is 1.50. The van der Waals surface area contributed by atoms with Crippen LogP contribution < -0.4 is 0 Å². The van der Waals surface area contributed by atoms with Gasteiger partial charge in [-0.1, -0.05) is 5.57 Å². The van der Waals surface area contributed by atoms with E-state index in [4.69, 9.17) is 4.74 Å². The summed E-state index contributed by atoms with van der Waals surface area (Å²) in [5, 5.41) is 30.4. The Morgan fingerprint density at radius 3 is 2.75 bits per heavy atom. The van der Waals surface area contributed by atoms with Gasteiger partial charge in [0.05, 0.1) is 24.7 Å². The van der Waals surface area contributed by atoms with Crippen molar-refractivity contribution in [2.24, 2.45) is 5.92 Å². The number of carbonyl (C=O) groups is 1. The van der Waals surface area contributed by atoms with Crippen molar-refractivity contribution in [2.75, 3.05) is 13.2 Å². The molecule has 3 N–H and O–H groups in total. The molecular formula is C15H22O5. The van der Waals surface area contributed by atoms with Gasteiger partial charge in [0.25, 0.3) is 0 Å². The molecule has 2 rings (SSSR count). The van der Waals surface area contributed by atoms with Crippen molar-refractivity contribution in [3.63, 3.8) is 0 Å². The lowest BCUT2D eigenvalue weighted by atomic mass is 9.75. The Hall–Kier alpha value is -1.01. The number of ether oxygens (including phenoxy) is 1. The largest absolute Gasteiger partial charge is 0.389 e. The molecule has 1 aliphatic heterocycles. The lowest BCUT2D eigenvalue weighted by Gasteiger charge is -2.35. The monoisotopic (exact) mass is 282 g/mol. The van der Waals surface area contributed by atoms with E-state index in [1.165, 1.54) is 0 Å². The minimum atomic E-state index is -1.15. The quantitative estimate of drug-likeness (QED) is 0.650. The first-order valence-corrected chi connectivity index (χ1v) is 6.97. The van der Waals surface area contributed by atoms with Crippen molar-refractivity contribution in [2.45, 2.75) is 44.5 Å². The Morgan fingerprint density at radius 2 is 2.10 bits per heavy atom. The topological polar surface area (TPSA) is 87.0 Å². The smallest absolute Gasteiger partial charge is 0.167 e. The van der Waals surface area contributed by atoms with E-state index in [2.05, 4.69) is 6.58 Å². The molecule has 2 aliphatic rings. The second-order valence-corrected chi connectivity index (χ2v) is 5.70.